The Morgan fingerprint density at radius 1 is 1.50 bits per heavy atom. The van der Waals surface area contributed by atoms with E-state index in [0.717, 1.165) is 0 Å². The molecule has 0 aliphatic heterocycles. The summed E-state index contributed by atoms with van der Waals surface area (Å²) in [5.41, 5.74) is 0. The summed E-state index contributed by atoms with van der Waals surface area (Å²) in [4.78, 5) is -0.0833. The Bertz CT molecular complexity index is 10.8. The van der Waals surface area contributed by atoms with Crippen molar-refractivity contribution >= 4 is 9.39 Å². The molecule has 0 radical (unpaired) electrons. The van der Waals surface area contributed by atoms with Crippen LogP contribution in [0.5, 0.6) is 0 Å². The Kier molecular flexibility index (Phi) is 1.74. The molecule has 0 aromatic rings. The first-order valence-corrected chi connectivity index (χ1v) is 1.17. The average molecular weight is 81.0 g/mol. The van der Waals surface area contributed by atoms with E-state index in [1.54, 1.807) is 9.39 Å². The van der Waals surface area contributed by atoms with Crippen LogP contribution in [0, 0.1) is 0 Å². The van der Waals surface area contributed by atoms with Crippen LogP contribution in [0.1, 0.15) is 0 Å². The van der Waals surface area contributed by atoms with E-state index in [4.69, 9.17) is 10.4 Å². The lowest BCUT2D eigenvalue weighted by Gasteiger charge is -1.86. The third-order valence-corrected chi connectivity index (χ3v) is 0. The van der Waals surface area contributed by atoms with Crippen molar-refractivity contribution in [1.29, 1.82) is 0 Å². The van der Waals surface area contributed by atoms with E-state index in [0.29, 0.717) is 0 Å². The van der Waals surface area contributed by atoms with Crippen molar-refractivity contribution in [2.24, 2.45) is 0 Å². The highest BCUT2D eigenvalue weighted by Crippen LogP contribution is 1.76. The first-order valence-electron chi connectivity index (χ1n) is 0.658. The third kappa shape index (κ3) is 41.3. The van der Waals surface area contributed by atoms with Gasteiger partial charge in [-0.3, -0.25) is 10.4 Å². The summed E-state index contributed by atoms with van der Waals surface area (Å²) >= 11 is 0. The summed E-state index contributed by atoms with van der Waals surface area (Å²) in [5.74, 6) is 0. The first kappa shape index (κ1) is 4.31. The van der Waals surface area contributed by atoms with E-state index in [1.165, 1.54) is 0 Å². The van der Waals surface area contributed by atoms with Crippen molar-refractivity contribution in [3.63, 3.8) is 0 Å². The normalized spacial score (nSPS) is 9.00. The topological polar surface area (TPSA) is 43.7 Å². The van der Waals surface area contributed by atoms with Crippen LogP contribution in [0.2, 0.25) is 0 Å². The van der Waals surface area contributed by atoms with Crippen LogP contribution in [0.4, 0.5) is 0 Å². The Labute approximate surface area is 26.0 Å². The minimum absolute atomic E-state index is 0.0833. The fourth-order valence-electron chi connectivity index (χ4n) is 0. The van der Waals surface area contributed by atoms with E-state index in [2.05, 4.69) is 0 Å². The van der Waals surface area contributed by atoms with Crippen molar-refractivity contribution in [2.45, 2.75) is 0 Å². The maximum absolute atomic E-state index is 7.41. The fraction of sp³-hybridized carbons (Fsp3) is 0. The maximum atomic E-state index is 7.41. The molecule has 0 rings (SSSR count). The molecule has 0 aromatic heterocycles. The largest absolute Gasteiger partial charge is 0.287 e. The molecule has 0 amide bonds. The number of hydrogen-bond donors (Lipinski definition) is 2. The molecule has 0 spiro atoms. The van der Waals surface area contributed by atoms with Gasteiger partial charge >= 0.3 is 0 Å². The molecule has 0 saturated carbocycles. The maximum Gasteiger partial charge on any atom is -0.00362 e. The van der Waals surface area contributed by atoms with Gasteiger partial charge in [-0.15, -0.1) is 0 Å². The molecule has 0 aliphatic carbocycles. The van der Waals surface area contributed by atoms with E-state index in [-0.39, 0.29) is 5.00 Å². The molecule has 0 bridgehead atoms. The molecule has 0 fully saturated rings. The molecule has 0 aliphatic rings. The van der Waals surface area contributed by atoms with Gasteiger partial charge in [-0.25, -0.2) is 0 Å². The van der Waals surface area contributed by atoms with Crippen LogP contribution in [0.25, 0.3) is 0 Å². The van der Waals surface area contributed by atoms with Gasteiger partial charge in [-0.1, -0.05) is 5.00 Å². The summed E-state index contributed by atoms with van der Waals surface area (Å²) in [6, 6.07) is 0. The van der Waals surface area contributed by atoms with E-state index in [9.17, 15) is 0 Å². The van der Waals surface area contributed by atoms with E-state index < -0.39 is 0 Å². The van der Waals surface area contributed by atoms with Crippen molar-refractivity contribution in [3.05, 3.63) is 0 Å². The summed E-state index contributed by atoms with van der Waals surface area (Å²) < 4.78 is 0. The quantitative estimate of drug-likeness (QED) is 0.315. The lowest BCUT2D eigenvalue weighted by atomic mass is 13.2. The molecule has 1 unspecified atom stereocenters. The monoisotopic (exact) mass is 81.0 g/mol. The zero-order chi connectivity index (χ0) is 3.58. The summed E-state index contributed by atoms with van der Waals surface area (Å²) in [7, 11) is 1.60. The molecule has 1 atom stereocenters. The molecule has 4 heteroatoms. The Hall–Kier alpha value is 0.310. The second-order valence-corrected chi connectivity index (χ2v) is 0.782. The van der Waals surface area contributed by atoms with Crippen molar-refractivity contribution < 1.29 is 10.4 Å². The number of hydrogen-bond acceptors (Lipinski definition) is 3. The smallest absolute Gasteiger partial charge is 0.00362 e. The second kappa shape index (κ2) is 1.61. The highest BCUT2D eigenvalue weighted by atomic mass is 31.0. The number of nitrogens with zero attached hydrogens (tertiary/aromatic N) is 1. The van der Waals surface area contributed by atoms with Gasteiger partial charge in [-0.05, 0) is 9.39 Å². The molecule has 0 heterocycles. The Morgan fingerprint density at radius 2 is 1.50 bits per heavy atom. The van der Waals surface area contributed by atoms with Gasteiger partial charge in [0.1, 0.15) is 0 Å². The lowest BCUT2D eigenvalue weighted by Crippen LogP contribution is -1.91. The first-order chi connectivity index (χ1) is 1.73. The molecule has 26 valence electrons. The zero-order valence-corrected chi connectivity index (χ0v) is 3.07. The van der Waals surface area contributed by atoms with Crippen molar-refractivity contribution in [1.82, 2.24) is 5.00 Å². The second-order valence-electron chi connectivity index (χ2n) is 0.320. The SMILES string of the molecule is ON(O)P. The Morgan fingerprint density at radius 3 is 1.50 bits per heavy atom. The zero-order valence-electron chi connectivity index (χ0n) is 1.92. The predicted molar refractivity (Wildman–Crippen MR) is 15.1 cm³/mol. The van der Waals surface area contributed by atoms with Gasteiger partial charge in [0, 0.05) is 0 Å². The fourth-order valence-corrected chi connectivity index (χ4v) is 0. The van der Waals surface area contributed by atoms with Crippen LogP contribution in [0.3, 0.4) is 0 Å². The van der Waals surface area contributed by atoms with Gasteiger partial charge in [0.15, 0.2) is 0 Å². The minimum atomic E-state index is -0.0833. The molecule has 2 N–H and O–H groups in total. The Balaban J connectivity index is 2.32. The number of rotatable bonds is 0. The van der Waals surface area contributed by atoms with Crippen LogP contribution in [-0.4, -0.2) is 15.4 Å². The molecular formula is H4NO2P. The van der Waals surface area contributed by atoms with Crippen LogP contribution < -0.4 is 0 Å². The minimum Gasteiger partial charge on any atom is -0.287 e. The lowest BCUT2D eigenvalue weighted by molar-refractivity contribution is -0.218. The van der Waals surface area contributed by atoms with Crippen LogP contribution in [-0.2, 0) is 0 Å². The summed E-state index contributed by atoms with van der Waals surface area (Å²) in [6.07, 6.45) is 0. The molecule has 3 nitrogen and oxygen atoms in total. The molecule has 4 heavy (non-hydrogen) atoms. The highest BCUT2D eigenvalue weighted by molar-refractivity contribution is 7.12. The van der Waals surface area contributed by atoms with Gasteiger partial charge in [0.25, 0.3) is 0 Å². The van der Waals surface area contributed by atoms with E-state index >= 15 is 0 Å². The van der Waals surface area contributed by atoms with Crippen LogP contribution >= 0.6 is 9.39 Å². The predicted octanol–water partition coefficient (Wildman–Crippen LogP) is -0.143. The van der Waals surface area contributed by atoms with Crippen molar-refractivity contribution in [3.8, 4) is 0 Å². The summed E-state index contributed by atoms with van der Waals surface area (Å²) in [6.45, 7) is 0. The van der Waals surface area contributed by atoms with Crippen LogP contribution in [0.15, 0.2) is 0 Å². The molecule has 0 aromatic carbocycles. The average Bonchev–Trinajstić information content (AvgIpc) is 0.811. The summed E-state index contributed by atoms with van der Waals surface area (Å²) in [5, 5.41) is 14.8. The van der Waals surface area contributed by atoms with Gasteiger partial charge in [-0.2, -0.15) is 0 Å². The van der Waals surface area contributed by atoms with Gasteiger partial charge in [0.2, 0.25) is 0 Å². The molecular weight excluding hydrogens is 77.0 g/mol. The van der Waals surface area contributed by atoms with Crippen molar-refractivity contribution in [2.75, 3.05) is 0 Å². The van der Waals surface area contributed by atoms with Gasteiger partial charge in [0.05, 0.1) is 0 Å². The van der Waals surface area contributed by atoms with E-state index in [1.807, 2.05) is 0 Å². The van der Waals surface area contributed by atoms with Gasteiger partial charge < -0.3 is 0 Å². The third-order valence-electron chi connectivity index (χ3n) is 0. The molecule has 0 saturated heterocycles. The highest BCUT2D eigenvalue weighted by Gasteiger charge is 1.61. The standard InChI is InChI=1S/H4NO2P/c2-1(3)4/h2-3H,4H2.